The van der Waals surface area contributed by atoms with Crippen molar-refractivity contribution in [2.24, 2.45) is 4.99 Å². The molecule has 0 aliphatic heterocycles. The van der Waals surface area contributed by atoms with Gasteiger partial charge in [0.15, 0.2) is 0 Å². The van der Waals surface area contributed by atoms with Gasteiger partial charge in [0.1, 0.15) is 5.75 Å². The van der Waals surface area contributed by atoms with Gasteiger partial charge in [-0.15, -0.1) is 0 Å². The Hall–Kier alpha value is -2.09. The van der Waals surface area contributed by atoms with Crippen molar-refractivity contribution in [3.8, 4) is 5.75 Å². The van der Waals surface area contributed by atoms with E-state index in [1.165, 1.54) is 5.56 Å². The van der Waals surface area contributed by atoms with Crippen LogP contribution in [0, 0.1) is 13.8 Å². The number of phenols is 1. The van der Waals surface area contributed by atoms with Gasteiger partial charge < -0.3 is 5.11 Å². The van der Waals surface area contributed by atoms with Crippen LogP contribution in [0.1, 0.15) is 16.7 Å². The van der Waals surface area contributed by atoms with Gasteiger partial charge in [0.2, 0.25) is 0 Å². The van der Waals surface area contributed by atoms with Crippen LogP contribution in [-0.2, 0) is 0 Å². The molecule has 0 amide bonds. The Morgan fingerprint density at radius 3 is 2.24 bits per heavy atom. The van der Waals surface area contributed by atoms with E-state index < -0.39 is 0 Å². The number of aromatic hydroxyl groups is 1. The maximum Gasteiger partial charge on any atom is 0.124 e. The lowest BCUT2D eigenvalue weighted by Gasteiger charge is -2.00. The molecule has 0 aliphatic rings. The summed E-state index contributed by atoms with van der Waals surface area (Å²) in [7, 11) is 0. The number of aliphatic imine (C=N–C) groups is 1. The molecule has 0 aromatic heterocycles. The van der Waals surface area contributed by atoms with Crippen molar-refractivity contribution >= 4 is 11.9 Å². The molecular weight excluding hydrogens is 210 g/mol. The van der Waals surface area contributed by atoms with Crippen LogP contribution in [0.25, 0.3) is 0 Å². The van der Waals surface area contributed by atoms with E-state index in [-0.39, 0.29) is 5.75 Å². The molecular formula is C15H15NO. The maximum atomic E-state index is 9.72. The van der Waals surface area contributed by atoms with Crippen LogP contribution in [0.4, 0.5) is 5.69 Å². The molecule has 0 bridgehead atoms. The predicted octanol–water partition coefficient (Wildman–Crippen LogP) is 3.76. The highest BCUT2D eigenvalue weighted by atomic mass is 16.3. The Morgan fingerprint density at radius 2 is 1.59 bits per heavy atom. The van der Waals surface area contributed by atoms with E-state index in [1.54, 1.807) is 12.3 Å². The zero-order valence-electron chi connectivity index (χ0n) is 10.0. The number of rotatable bonds is 2. The van der Waals surface area contributed by atoms with Crippen molar-refractivity contribution in [3.63, 3.8) is 0 Å². The largest absolute Gasteiger partial charge is 0.507 e. The van der Waals surface area contributed by atoms with Gasteiger partial charge in [0.25, 0.3) is 0 Å². The van der Waals surface area contributed by atoms with Crippen LogP contribution in [0.5, 0.6) is 5.75 Å². The van der Waals surface area contributed by atoms with Gasteiger partial charge >= 0.3 is 0 Å². The molecule has 0 saturated carbocycles. The van der Waals surface area contributed by atoms with Crippen LogP contribution in [0.2, 0.25) is 0 Å². The van der Waals surface area contributed by atoms with Crippen molar-refractivity contribution in [2.45, 2.75) is 13.8 Å². The van der Waals surface area contributed by atoms with E-state index in [9.17, 15) is 5.11 Å². The maximum absolute atomic E-state index is 9.72. The Bertz CT molecular complexity index is 541. The topological polar surface area (TPSA) is 32.6 Å². The summed E-state index contributed by atoms with van der Waals surface area (Å²) in [6, 6.07) is 13.5. The summed E-state index contributed by atoms with van der Waals surface area (Å²) in [4.78, 5) is 4.32. The second-order valence-electron chi connectivity index (χ2n) is 4.16. The molecule has 0 aliphatic carbocycles. The monoisotopic (exact) mass is 225 g/mol. The summed E-state index contributed by atoms with van der Waals surface area (Å²) in [6.07, 6.45) is 1.68. The number of hydrogen-bond donors (Lipinski definition) is 1. The fourth-order valence-electron chi connectivity index (χ4n) is 1.54. The van der Waals surface area contributed by atoms with Gasteiger partial charge in [-0.1, -0.05) is 23.8 Å². The lowest BCUT2D eigenvalue weighted by Crippen LogP contribution is -1.83. The number of hydrogen-bond acceptors (Lipinski definition) is 2. The van der Waals surface area contributed by atoms with Crippen LogP contribution in [-0.4, -0.2) is 11.3 Å². The van der Waals surface area contributed by atoms with E-state index in [2.05, 4.69) is 4.99 Å². The normalized spacial score (nSPS) is 10.9. The molecule has 2 nitrogen and oxygen atoms in total. The van der Waals surface area contributed by atoms with Crippen LogP contribution < -0.4 is 0 Å². The third-order valence-electron chi connectivity index (χ3n) is 2.57. The molecule has 17 heavy (non-hydrogen) atoms. The predicted molar refractivity (Wildman–Crippen MR) is 71.3 cm³/mol. The fraction of sp³-hybridized carbons (Fsp3) is 0.133. The zero-order chi connectivity index (χ0) is 12.3. The van der Waals surface area contributed by atoms with E-state index >= 15 is 0 Å². The molecule has 2 rings (SSSR count). The van der Waals surface area contributed by atoms with E-state index in [1.807, 2.05) is 50.2 Å². The molecule has 0 fully saturated rings. The van der Waals surface area contributed by atoms with E-state index in [0.717, 1.165) is 16.8 Å². The number of nitrogens with zero attached hydrogens (tertiary/aromatic N) is 1. The lowest BCUT2D eigenvalue weighted by atomic mass is 10.1. The number of aryl methyl sites for hydroxylation is 2. The summed E-state index contributed by atoms with van der Waals surface area (Å²) in [5.41, 5.74) is 3.86. The van der Waals surface area contributed by atoms with Crippen LogP contribution in [0.3, 0.4) is 0 Å². The highest BCUT2D eigenvalue weighted by Crippen LogP contribution is 2.18. The Balaban J connectivity index is 2.23. The highest BCUT2D eigenvalue weighted by Gasteiger charge is 1.97. The highest BCUT2D eigenvalue weighted by molar-refractivity contribution is 5.85. The molecule has 0 saturated heterocycles. The lowest BCUT2D eigenvalue weighted by molar-refractivity contribution is 0.474. The summed E-state index contributed by atoms with van der Waals surface area (Å²) in [6.45, 7) is 3.99. The Labute approximate surface area is 101 Å². The third-order valence-corrected chi connectivity index (χ3v) is 2.57. The molecule has 0 unspecified atom stereocenters. The van der Waals surface area contributed by atoms with Gasteiger partial charge in [-0.05, 0) is 43.7 Å². The van der Waals surface area contributed by atoms with Gasteiger partial charge in [0.05, 0.1) is 5.69 Å². The average molecular weight is 225 g/mol. The van der Waals surface area contributed by atoms with Crippen molar-refractivity contribution < 1.29 is 5.11 Å². The first-order valence-electron chi connectivity index (χ1n) is 5.55. The molecule has 2 aromatic carbocycles. The summed E-state index contributed by atoms with van der Waals surface area (Å²) >= 11 is 0. The average Bonchev–Trinajstić information content (AvgIpc) is 2.30. The van der Waals surface area contributed by atoms with Gasteiger partial charge in [0, 0.05) is 11.8 Å². The van der Waals surface area contributed by atoms with Crippen molar-refractivity contribution in [1.29, 1.82) is 0 Å². The minimum Gasteiger partial charge on any atom is -0.507 e. The summed E-state index contributed by atoms with van der Waals surface area (Å²) in [5, 5.41) is 9.72. The quantitative estimate of drug-likeness (QED) is 0.775. The SMILES string of the molecule is Cc1ccc(N=Cc2ccc(C)cc2O)cc1. The van der Waals surface area contributed by atoms with Crippen LogP contribution in [0.15, 0.2) is 47.5 Å². The fourth-order valence-corrected chi connectivity index (χ4v) is 1.54. The third kappa shape index (κ3) is 2.94. The molecule has 2 heteroatoms. The first kappa shape index (κ1) is 11.4. The van der Waals surface area contributed by atoms with Gasteiger partial charge in [-0.25, -0.2) is 0 Å². The standard InChI is InChI=1S/C15H15NO/c1-11-4-7-14(8-5-11)16-10-13-6-3-12(2)9-15(13)17/h3-10,17H,1-2H3. The Morgan fingerprint density at radius 1 is 0.941 bits per heavy atom. The number of phenolic OH excluding ortho intramolecular Hbond substituents is 1. The van der Waals surface area contributed by atoms with E-state index in [4.69, 9.17) is 0 Å². The molecule has 0 atom stereocenters. The van der Waals surface area contributed by atoms with Crippen molar-refractivity contribution in [2.75, 3.05) is 0 Å². The smallest absolute Gasteiger partial charge is 0.124 e. The zero-order valence-corrected chi connectivity index (χ0v) is 10.0. The van der Waals surface area contributed by atoms with Crippen molar-refractivity contribution in [1.82, 2.24) is 0 Å². The molecule has 0 heterocycles. The summed E-state index contributed by atoms with van der Waals surface area (Å²) < 4.78 is 0. The van der Waals surface area contributed by atoms with Crippen LogP contribution >= 0.6 is 0 Å². The Kier molecular flexibility index (Phi) is 3.24. The second-order valence-corrected chi connectivity index (χ2v) is 4.16. The molecule has 1 N–H and O–H groups in total. The molecule has 2 aromatic rings. The molecule has 0 spiro atoms. The second kappa shape index (κ2) is 4.83. The summed E-state index contributed by atoms with van der Waals surface area (Å²) in [5.74, 6) is 0.265. The van der Waals surface area contributed by atoms with Gasteiger partial charge in [-0.2, -0.15) is 0 Å². The molecule has 0 radical (unpaired) electrons. The first-order valence-corrected chi connectivity index (χ1v) is 5.55. The van der Waals surface area contributed by atoms with E-state index in [0.29, 0.717) is 0 Å². The number of benzene rings is 2. The van der Waals surface area contributed by atoms with Crippen molar-refractivity contribution in [3.05, 3.63) is 59.2 Å². The molecule has 86 valence electrons. The first-order chi connectivity index (χ1) is 8.15. The minimum absolute atomic E-state index is 0.265. The van der Waals surface area contributed by atoms with Gasteiger partial charge in [-0.3, -0.25) is 4.99 Å². The minimum atomic E-state index is 0.265.